The highest BCUT2D eigenvalue weighted by atomic mass is 15.1. The second-order valence-corrected chi connectivity index (χ2v) is 11.5. The van der Waals surface area contributed by atoms with Crippen LogP contribution >= 0.6 is 0 Å². The molecule has 0 bridgehead atoms. The van der Waals surface area contributed by atoms with Gasteiger partial charge >= 0.3 is 0 Å². The number of benzene rings is 6. The SMILES string of the molecule is Cc1ccc(-c2cc(-c3ccc(N(c4ccccc4)c4ccc(N(C)c5ccccc5)cc4)cc3)cc(-c3ccccc3)n2)cc1. The maximum Gasteiger partial charge on any atom is 0.0715 e. The summed E-state index contributed by atoms with van der Waals surface area (Å²) in [5.74, 6) is 0. The molecule has 0 aliphatic carbocycles. The number of para-hydroxylation sites is 2. The molecule has 0 unspecified atom stereocenters. The second-order valence-electron chi connectivity index (χ2n) is 11.5. The largest absolute Gasteiger partial charge is 0.345 e. The fourth-order valence-electron chi connectivity index (χ4n) is 5.78. The smallest absolute Gasteiger partial charge is 0.0715 e. The van der Waals surface area contributed by atoms with E-state index in [1.165, 1.54) is 5.56 Å². The first-order valence-corrected chi connectivity index (χ1v) is 15.6. The Morgan fingerprint density at radius 2 is 0.761 bits per heavy atom. The van der Waals surface area contributed by atoms with Crippen LogP contribution in [0.1, 0.15) is 5.56 Å². The Hall–Kier alpha value is -5.93. The Labute approximate surface area is 271 Å². The standard InChI is InChI=1S/C43H35N3/c1-32-18-20-35(21-19-32)43-31-36(30-42(44-43)34-12-6-3-7-13-34)33-22-24-40(25-23-33)46(39-16-10-5-11-17-39)41-28-26-38(27-29-41)45(2)37-14-8-4-9-15-37/h3-31H,1-2H3. The van der Waals surface area contributed by atoms with E-state index < -0.39 is 0 Å². The van der Waals surface area contributed by atoms with Gasteiger partial charge in [0.25, 0.3) is 0 Å². The zero-order valence-electron chi connectivity index (χ0n) is 26.1. The lowest BCUT2D eigenvalue weighted by Crippen LogP contribution is -2.11. The maximum absolute atomic E-state index is 5.08. The predicted octanol–water partition coefficient (Wildman–Crippen LogP) is 11.6. The van der Waals surface area contributed by atoms with Gasteiger partial charge in [0.15, 0.2) is 0 Å². The Kier molecular flexibility index (Phi) is 8.13. The monoisotopic (exact) mass is 593 g/mol. The molecule has 222 valence electrons. The van der Waals surface area contributed by atoms with E-state index in [1.54, 1.807) is 0 Å². The fourth-order valence-corrected chi connectivity index (χ4v) is 5.78. The molecule has 7 aromatic rings. The molecular weight excluding hydrogens is 558 g/mol. The van der Waals surface area contributed by atoms with Crippen molar-refractivity contribution in [2.75, 3.05) is 16.8 Å². The number of hydrogen-bond donors (Lipinski definition) is 0. The molecule has 6 aromatic carbocycles. The minimum atomic E-state index is 0.962. The molecule has 0 aliphatic rings. The highest BCUT2D eigenvalue weighted by Crippen LogP contribution is 2.38. The summed E-state index contributed by atoms with van der Waals surface area (Å²) in [5, 5.41) is 0. The summed E-state index contributed by atoms with van der Waals surface area (Å²) in [6.45, 7) is 2.11. The van der Waals surface area contributed by atoms with Crippen LogP contribution in [0.2, 0.25) is 0 Å². The highest BCUT2D eigenvalue weighted by Gasteiger charge is 2.15. The summed E-state index contributed by atoms with van der Waals surface area (Å²) in [5.41, 5.74) is 13.2. The average molecular weight is 594 g/mol. The van der Waals surface area contributed by atoms with Gasteiger partial charge in [-0.15, -0.1) is 0 Å². The Balaban J connectivity index is 1.25. The fraction of sp³-hybridized carbons (Fsp3) is 0.0465. The van der Waals surface area contributed by atoms with Gasteiger partial charge < -0.3 is 9.80 Å². The van der Waals surface area contributed by atoms with Crippen LogP contribution in [0.25, 0.3) is 33.6 Å². The Morgan fingerprint density at radius 1 is 0.370 bits per heavy atom. The molecule has 0 atom stereocenters. The van der Waals surface area contributed by atoms with Crippen molar-refractivity contribution in [3.05, 3.63) is 181 Å². The lowest BCUT2D eigenvalue weighted by atomic mass is 9.99. The van der Waals surface area contributed by atoms with E-state index in [9.17, 15) is 0 Å². The summed E-state index contributed by atoms with van der Waals surface area (Å²) in [4.78, 5) is 9.59. The minimum absolute atomic E-state index is 0.962. The zero-order valence-corrected chi connectivity index (χ0v) is 26.1. The number of hydrogen-bond acceptors (Lipinski definition) is 3. The third-order valence-electron chi connectivity index (χ3n) is 8.35. The van der Waals surface area contributed by atoms with Crippen molar-refractivity contribution in [1.29, 1.82) is 0 Å². The molecule has 0 spiro atoms. The van der Waals surface area contributed by atoms with Crippen LogP contribution in [0, 0.1) is 6.92 Å². The normalized spacial score (nSPS) is 10.8. The highest BCUT2D eigenvalue weighted by molar-refractivity contribution is 5.81. The van der Waals surface area contributed by atoms with E-state index in [-0.39, 0.29) is 0 Å². The summed E-state index contributed by atoms with van der Waals surface area (Å²) < 4.78 is 0. The molecule has 7 rings (SSSR count). The van der Waals surface area contributed by atoms with Crippen molar-refractivity contribution >= 4 is 28.4 Å². The minimum Gasteiger partial charge on any atom is -0.345 e. The molecule has 0 saturated heterocycles. The third kappa shape index (κ3) is 6.17. The van der Waals surface area contributed by atoms with Crippen LogP contribution in [-0.2, 0) is 0 Å². The van der Waals surface area contributed by atoms with Gasteiger partial charge in [-0.3, -0.25) is 0 Å². The lowest BCUT2D eigenvalue weighted by molar-refractivity contribution is 1.20. The summed E-state index contributed by atoms with van der Waals surface area (Å²) >= 11 is 0. The second kappa shape index (κ2) is 13.0. The molecule has 3 heteroatoms. The van der Waals surface area contributed by atoms with Crippen LogP contribution in [0.15, 0.2) is 176 Å². The van der Waals surface area contributed by atoms with Crippen LogP contribution < -0.4 is 9.80 Å². The van der Waals surface area contributed by atoms with Crippen molar-refractivity contribution in [1.82, 2.24) is 4.98 Å². The van der Waals surface area contributed by atoms with Crippen molar-refractivity contribution in [3.8, 4) is 33.6 Å². The van der Waals surface area contributed by atoms with Crippen molar-refractivity contribution in [3.63, 3.8) is 0 Å². The van der Waals surface area contributed by atoms with Crippen molar-refractivity contribution < 1.29 is 0 Å². The van der Waals surface area contributed by atoms with Crippen LogP contribution in [0.5, 0.6) is 0 Å². The van der Waals surface area contributed by atoms with E-state index in [0.717, 1.165) is 62.1 Å². The van der Waals surface area contributed by atoms with E-state index in [2.05, 4.69) is 188 Å². The van der Waals surface area contributed by atoms with E-state index in [4.69, 9.17) is 4.98 Å². The molecule has 0 saturated carbocycles. The molecular formula is C43H35N3. The predicted molar refractivity (Wildman–Crippen MR) is 194 cm³/mol. The van der Waals surface area contributed by atoms with E-state index in [1.807, 2.05) is 12.1 Å². The zero-order chi connectivity index (χ0) is 31.3. The quantitative estimate of drug-likeness (QED) is 0.175. The molecule has 1 aromatic heterocycles. The topological polar surface area (TPSA) is 19.4 Å². The van der Waals surface area contributed by atoms with Crippen LogP contribution in [0.4, 0.5) is 28.4 Å². The first-order chi connectivity index (χ1) is 22.6. The number of aromatic nitrogens is 1. The van der Waals surface area contributed by atoms with Gasteiger partial charge in [-0.2, -0.15) is 0 Å². The van der Waals surface area contributed by atoms with Gasteiger partial charge in [-0.1, -0.05) is 109 Å². The number of aryl methyl sites for hydroxylation is 1. The first-order valence-electron chi connectivity index (χ1n) is 15.6. The van der Waals surface area contributed by atoms with Gasteiger partial charge in [0.1, 0.15) is 0 Å². The van der Waals surface area contributed by atoms with Gasteiger partial charge in [0, 0.05) is 46.6 Å². The summed E-state index contributed by atoms with van der Waals surface area (Å²) in [6.07, 6.45) is 0. The number of anilines is 5. The molecule has 46 heavy (non-hydrogen) atoms. The van der Waals surface area contributed by atoms with E-state index in [0.29, 0.717) is 0 Å². The first kappa shape index (κ1) is 28.8. The third-order valence-corrected chi connectivity index (χ3v) is 8.35. The van der Waals surface area contributed by atoms with Crippen molar-refractivity contribution in [2.24, 2.45) is 0 Å². The molecule has 1 heterocycles. The molecule has 0 fully saturated rings. The molecule has 3 nitrogen and oxygen atoms in total. The molecule has 0 radical (unpaired) electrons. The van der Waals surface area contributed by atoms with E-state index >= 15 is 0 Å². The van der Waals surface area contributed by atoms with Gasteiger partial charge in [0.05, 0.1) is 11.4 Å². The molecule has 0 amide bonds. The maximum atomic E-state index is 5.08. The Morgan fingerprint density at radius 3 is 1.33 bits per heavy atom. The van der Waals surface area contributed by atoms with Gasteiger partial charge in [-0.25, -0.2) is 4.98 Å². The van der Waals surface area contributed by atoms with Crippen LogP contribution in [-0.4, -0.2) is 12.0 Å². The molecule has 0 aliphatic heterocycles. The molecule has 0 N–H and O–H groups in total. The number of pyridine rings is 1. The van der Waals surface area contributed by atoms with Crippen molar-refractivity contribution in [2.45, 2.75) is 6.92 Å². The number of nitrogens with zero attached hydrogens (tertiary/aromatic N) is 3. The average Bonchev–Trinajstić information content (AvgIpc) is 3.13. The van der Waals surface area contributed by atoms with Gasteiger partial charge in [0.2, 0.25) is 0 Å². The lowest BCUT2D eigenvalue weighted by Gasteiger charge is -2.27. The Bertz CT molecular complexity index is 2020. The van der Waals surface area contributed by atoms with Crippen LogP contribution in [0.3, 0.4) is 0 Å². The number of rotatable bonds is 8. The van der Waals surface area contributed by atoms with Gasteiger partial charge in [-0.05, 0) is 90.8 Å². The summed E-state index contributed by atoms with van der Waals surface area (Å²) in [6, 6.07) is 62.0. The summed E-state index contributed by atoms with van der Waals surface area (Å²) in [7, 11) is 2.10.